The number of benzene rings is 2. The smallest absolute Gasteiger partial charge is 0.242 e. The van der Waals surface area contributed by atoms with Crippen molar-refractivity contribution in [2.75, 3.05) is 37.6 Å². The number of nitrogens with one attached hydrogen (secondary N) is 1. The molecule has 0 aromatic heterocycles. The maximum absolute atomic E-state index is 12.5. The maximum Gasteiger partial charge on any atom is 0.242 e. The normalized spacial score (nSPS) is 16.4. The minimum Gasteiger partial charge on any atom is -0.368 e. The third-order valence-electron chi connectivity index (χ3n) is 5.30. The van der Waals surface area contributed by atoms with Crippen LogP contribution < -0.4 is 16.0 Å². The van der Waals surface area contributed by atoms with E-state index in [4.69, 9.17) is 5.73 Å². The Morgan fingerprint density at radius 1 is 0.964 bits per heavy atom. The second kappa shape index (κ2) is 9.37. The number of hydrogen-bond acceptors (Lipinski definition) is 4. The molecule has 6 heteroatoms. The van der Waals surface area contributed by atoms with Crippen molar-refractivity contribution in [1.82, 2.24) is 10.2 Å². The predicted molar refractivity (Wildman–Crippen MR) is 111 cm³/mol. The van der Waals surface area contributed by atoms with Crippen LogP contribution in [0.3, 0.4) is 0 Å². The SMILES string of the molecule is CC(C(=O)NCC(=O)N1CCN(c2ccccc2)CC1)C(N)c1ccccc1. The molecule has 0 spiro atoms. The lowest BCUT2D eigenvalue weighted by Gasteiger charge is -2.36. The lowest BCUT2D eigenvalue weighted by Crippen LogP contribution is -2.51. The number of nitrogens with two attached hydrogens (primary N) is 1. The first kappa shape index (κ1) is 19.9. The molecule has 3 N–H and O–H groups in total. The van der Waals surface area contributed by atoms with Gasteiger partial charge in [0.05, 0.1) is 12.5 Å². The summed E-state index contributed by atoms with van der Waals surface area (Å²) in [6.45, 7) is 4.69. The Balaban J connectivity index is 1.44. The van der Waals surface area contributed by atoms with Crippen molar-refractivity contribution < 1.29 is 9.59 Å². The average molecular weight is 380 g/mol. The van der Waals surface area contributed by atoms with Crippen molar-refractivity contribution in [3.63, 3.8) is 0 Å². The molecule has 2 aromatic carbocycles. The van der Waals surface area contributed by atoms with Gasteiger partial charge in [-0.2, -0.15) is 0 Å². The fourth-order valence-corrected chi connectivity index (χ4v) is 3.42. The monoisotopic (exact) mass is 380 g/mol. The predicted octanol–water partition coefficient (Wildman–Crippen LogP) is 1.79. The molecular weight excluding hydrogens is 352 g/mol. The third kappa shape index (κ3) is 4.89. The van der Waals surface area contributed by atoms with Crippen LogP contribution in [-0.2, 0) is 9.59 Å². The Kier molecular flexibility index (Phi) is 6.66. The molecule has 0 bridgehead atoms. The van der Waals surface area contributed by atoms with Crippen LogP contribution in [0.4, 0.5) is 5.69 Å². The van der Waals surface area contributed by atoms with E-state index in [0.29, 0.717) is 13.1 Å². The van der Waals surface area contributed by atoms with Crippen molar-refractivity contribution in [1.29, 1.82) is 0 Å². The standard InChI is InChI=1S/C22H28N4O2/c1-17(21(23)18-8-4-2-5-9-18)22(28)24-16-20(27)26-14-12-25(13-15-26)19-10-6-3-7-11-19/h2-11,17,21H,12-16,23H2,1H3,(H,24,28). The Labute approximate surface area is 166 Å². The second-order valence-electron chi connectivity index (χ2n) is 7.15. The van der Waals surface area contributed by atoms with E-state index in [1.54, 1.807) is 6.92 Å². The molecular formula is C22H28N4O2. The molecule has 6 nitrogen and oxygen atoms in total. The molecule has 1 fully saturated rings. The average Bonchev–Trinajstić information content (AvgIpc) is 2.77. The van der Waals surface area contributed by atoms with Gasteiger partial charge >= 0.3 is 0 Å². The van der Waals surface area contributed by atoms with E-state index in [9.17, 15) is 9.59 Å². The van der Waals surface area contributed by atoms with Gasteiger partial charge < -0.3 is 20.9 Å². The number of amides is 2. The third-order valence-corrected chi connectivity index (χ3v) is 5.30. The van der Waals surface area contributed by atoms with Gasteiger partial charge in [-0.25, -0.2) is 0 Å². The van der Waals surface area contributed by atoms with Crippen molar-refractivity contribution in [2.24, 2.45) is 11.7 Å². The van der Waals surface area contributed by atoms with Crippen LogP contribution in [0, 0.1) is 5.92 Å². The van der Waals surface area contributed by atoms with E-state index in [2.05, 4.69) is 22.3 Å². The summed E-state index contributed by atoms with van der Waals surface area (Å²) in [5, 5.41) is 2.75. The van der Waals surface area contributed by atoms with Crippen LogP contribution in [0.2, 0.25) is 0 Å². The fourth-order valence-electron chi connectivity index (χ4n) is 3.42. The molecule has 2 atom stereocenters. The van der Waals surface area contributed by atoms with Gasteiger partial charge in [0, 0.05) is 37.9 Å². The first-order valence-corrected chi connectivity index (χ1v) is 9.72. The molecule has 2 aromatic rings. The minimum atomic E-state index is -0.412. The molecule has 1 aliphatic heterocycles. The number of rotatable bonds is 6. The van der Waals surface area contributed by atoms with E-state index in [1.165, 1.54) is 5.69 Å². The molecule has 3 rings (SSSR count). The van der Waals surface area contributed by atoms with E-state index >= 15 is 0 Å². The molecule has 28 heavy (non-hydrogen) atoms. The molecule has 0 aliphatic carbocycles. The Morgan fingerprint density at radius 2 is 1.54 bits per heavy atom. The van der Waals surface area contributed by atoms with Crippen LogP contribution in [0.1, 0.15) is 18.5 Å². The van der Waals surface area contributed by atoms with Gasteiger partial charge in [-0.3, -0.25) is 9.59 Å². The minimum absolute atomic E-state index is 0.00994. The molecule has 148 valence electrons. The summed E-state index contributed by atoms with van der Waals surface area (Å²) in [7, 11) is 0. The van der Waals surface area contributed by atoms with Crippen LogP contribution in [0.25, 0.3) is 0 Å². The van der Waals surface area contributed by atoms with Crippen LogP contribution in [0.15, 0.2) is 60.7 Å². The summed E-state index contributed by atoms with van der Waals surface area (Å²) in [4.78, 5) is 29.0. The summed E-state index contributed by atoms with van der Waals surface area (Å²) < 4.78 is 0. The second-order valence-corrected chi connectivity index (χ2v) is 7.15. The number of piperazine rings is 1. The van der Waals surface area contributed by atoms with Crippen molar-refractivity contribution >= 4 is 17.5 Å². The number of anilines is 1. The highest BCUT2D eigenvalue weighted by Crippen LogP contribution is 2.19. The quantitative estimate of drug-likeness (QED) is 0.801. The fraction of sp³-hybridized carbons (Fsp3) is 0.364. The zero-order chi connectivity index (χ0) is 19.9. The van der Waals surface area contributed by atoms with Gasteiger partial charge in [0.2, 0.25) is 11.8 Å². The highest BCUT2D eigenvalue weighted by Gasteiger charge is 2.25. The molecule has 1 aliphatic rings. The zero-order valence-electron chi connectivity index (χ0n) is 16.3. The van der Waals surface area contributed by atoms with Crippen molar-refractivity contribution in [3.05, 3.63) is 66.2 Å². The highest BCUT2D eigenvalue weighted by molar-refractivity contribution is 5.86. The number of para-hydroxylation sites is 1. The summed E-state index contributed by atoms with van der Waals surface area (Å²) in [5.41, 5.74) is 8.28. The molecule has 2 unspecified atom stereocenters. The highest BCUT2D eigenvalue weighted by atomic mass is 16.2. The molecule has 0 radical (unpaired) electrons. The molecule has 2 amide bonds. The van der Waals surface area contributed by atoms with Gasteiger partial charge in [0.25, 0.3) is 0 Å². The first-order valence-electron chi connectivity index (χ1n) is 9.72. The first-order chi connectivity index (χ1) is 13.6. The van der Waals surface area contributed by atoms with Gasteiger partial charge in [-0.1, -0.05) is 55.5 Å². The van der Waals surface area contributed by atoms with E-state index in [1.807, 2.05) is 53.4 Å². The Morgan fingerprint density at radius 3 is 2.14 bits per heavy atom. The summed E-state index contributed by atoms with van der Waals surface area (Å²) >= 11 is 0. The number of carbonyl (C=O) groups excluding carboxylic acids is 2. The number of hydrogen-bond donors (Lipinski definition) is 2. The largest absolute Gasteiger partial charge is 0.368 e. The number of nitrogens with zero attached hydrogens (tertiary/aromatic N) is 2. The van der Waals surface area contributed by atoms with Crippen LogP contribution >= 0.6 is 0 Å². The topological polar surface area (TPSA) is 78.7 Å². The Bertz CT molecular complexity index is 774. The van der Waals surface area contributed by atoms with Crippen LogP contribution in [-0.4, -0.2) is 49.4 Å². The summed E-state index contributed by atoms with van der Waals surface area (Å²) in [5.74, 6) is -0.667. The Hall–Kier alpha value is -2.86. The zero-order valence-corrected chi connectivity index (χ0v) is 16.3. The van der Waals surface area contributed by atoms with Crippen molar-refractivity contribution in [2.45, 2.75) is 13.0 Å². The van der Waals surface area contributed by atoms with E-state index in [-0.39, 0.29) is 18.4 Å². The lowest BCUT2D eigenvalue weighted by molar-refractivity contribution is -0.134. The van der Waals surface area contributed by atoms with E-state index < -0.39 is 12.0 Å². The van der Waals surface area contributed by atoms with E-state index in [0.717, 1.165) is 18.7 Å². The molecule has 1 saturated heterocycles. The van der Waals surface area contributed by atoms with Crippen molar-refractivity contribution in [3.8, 4) is 0 Å². The molecule has 1 heterocycles. The van der Waals surface area contributed by atoms with Gasteiger partial charge in [0.1, 0.15) is 0 Å². The maximum atomic E-state index is 12.5. The lowest BCUT2D eigenvalue weighted by atomic mass is 9.95. The van der Waals surface area contributed by atoms with Crippen LogP contribution in [0.5, 0.6) is 0 Å². The van der Waals surface area contributed by atoms with Gasteiger partial charge in [-0.15, -0.1) is 0 Å². The summed E-state index contributed by atoms with van der Waals surface area (Å²) in [6, 6.07) is 19.3. The molecule has 0 saturated carbocycles. The van der Waals surface area contributed by atoms with Gasteiger partial charge in [0.15, 0.2) is 0 Å². The summed E-state index contributed by atoms with van der Waals surface area (Å²) in [6.07, 6.45) is 0. The number of carbonyl (C=O) groups is 2. The van der Waals surface area contributed by atoms with Gasteiger partial charge in [-0.05, 0) is 17.7 Å².